The zero-order chi connectivity index (χ0) is 28.9. The summed E-state index contributed by atoms with van der Waals surface area (Å²) in [5, 5.41) is 14.3. The number of carbonyl (C=O) groups excluding carboxylic acids is 2. The molecule has 1 heterocycles. The number of aromatic nitrogens is 1. The summed E-state index contributed by atoms with van der Waals surface area (Å²) >= 11 is 0. The third-order valence-corrected chi connectivity index (χ3v) is 7.08. The summed E-state index contributed by atoms with van der Waals surface area (Å²) in [6.07, 6.45) is 0. The van der Waals surface area contributed by atoms with Crippen LogP contribution in [0.5, 0.6) is 11.5 Å². The lowest BCUT2D eigenvalue weighted by Gasteiger charge is -2.32. The van der Waals surface area contributed by atoms with Gasteiger partial charge in [-0.15, -0.1) is 0 Å². The topological polar surface area (TPSA) is 91.8 Å². The van der Waals surface area contributed by atoms with Crippen molar-refractivity contribution in [1.29, 1.82) is 0 Å². The highest BCUT2D eigenvalue weighted by Gasteiger charge is 2.34. The molecule has 0 aliphatic rings. The fourth-order valence-electron chi connectivity index (χ4n) is 4.93. The van der Waals surface area contributed by atoms with Crippen molar-refractivity contribution in [3.8, 4) is 11.5 Å². The maximum atomic E-state index is 14.3. The first-order valence-corrected chi connectivity index (χ1v) is 13.3. The van der Waals surface area contributed by atoms with Crippen LogP contribution in [0.2, 0.25) is 0 Å². The average molecular weight is 546 g/mol. The minimum atomic E-state index is -1.08. The van der Waals surface area contributed by atoms with E-state index in [0.717, 1.165) is 22.1 Å². The van der Waals surface area contributed by atoms with Gasteiger partial charge in [0.05, 0.1) is 12.6 Å². The highest BCUT2D eigenvalue weighted by atomic mass is 16.5. The molecule has 0 aliphatic carbocycles. The minimum Gasteiger partial charge on any atom is -0.504 e. The molecule has 0 fully saturated rings. The second-order valence-electron chi connectivity index (χ2n) is 9.90. The highest BCUT2D eigenvalue weighted by molar-refractivity contribution is 6.02. The molecule has 0 spiro atoms. The van der Waals surface area contributed by atoms with Crippen LogP contribution >= 0.6 is 0 Å². The Labute approximate surface area is 239 Å². The number of aromatic hydroxyl groups is 1. The summed E-state index contributed by atoms with van der Waals surface area (Å²) in [7, 11) is 1.44. The molecular weight excluding hydrogens is 514 g/mol. The fourth-order valence-corrected chi connectivity index (χ4v) is 4.93. The van der Waals surface area contributed by atoms with Crippen LogP contribution in [-0.2, 0) is 11.3 Å². The van der Waals surface area contributed by atoms with Gasteiger partial charge in [-0.25, -0.2) is 4.98 Å². The number of amides is 2. The predicted molar refractivity (Wildman–Crippen MR) is 160 cm³/mol. The molecular formula is C34H31N3O4. The van der Waals surface area contributed by atoms with E-state index in [-0.39, 0.29) is 23.7 Å². The summed E-state index contributed by atoms with van der Waals surface area (Å²) in [5.41, 5.74) is 4.71. The standard InChI is InChI=1S/C34H31N3O4/c1-22-10-9-11-23(2)31(22)36-33(39)32(26-17-19-29(38)30(20-26)41-3)37(21-24-12-5-4-6-13-24)34(40)28-18-16-25-14-7-8-15-27(25)35-28/h4-20,32,38H,21H2,1-3H3,(H,36,39). The Bertz CT molecular complexity index is 1700. The summed E-state index contributed by atoms with van der Waals surface area (Å²) < 4.78 is 5.37. The summed E-state index contributed by atoms with van der Waals surface area (Å²) in [5.74, 6) is -0.681. The van der Waals surface area contributed by atoms with Crippen LogP contribution in [0.4, 0.5) is 5.69 Å². The smallest absolute Gasteiger partial charge is 0.273 e. The monoisotopic (exact) mass is 545 g/mol. The van der Waals surface area contributed by atoms with Crippen molar-refractivity contribution in [3.63, 3.8) is 0 Å². The molecule has 0 saturated heterocycles. The molecule has 7 heteroatoms. The number of methoxy groups -OCH3 is 1. The quantitative estimate of drug-likeness (QED) is 0.230. The van der Waals surface area contributed by atoms with Gasteiger partial charge in [-0.1, -0.05) is 78.9 Å². The average Bonchev–Trinajstić information content (AvgIpc) is 2.99. The van der Waals surface area contributed by atoms with E-state index in [1.54, 1.807) is 18.2 Å². The third kappa shape index (κ3) is 5.89. The summed E-state index contributed by atoms with van der Waals surface area (Å²) in [4.78, 5) is 34.7. The van der Waals surface area contributed by atoms with E-state index in [1.807, 2.05) is 92.7 Å². The molecule has 5 aromatic rings. The molecule has 4 aromatic carbocycles. The molecule has 5 rings (SSSR count). The van der Waals surface area contributed by atoms with E-state index in [2.05, 4.69) is 10.3 Å². The number of phenols is 1. The zero-order valence-electron chi connectivity index (χ0n) is 23.2. The van der Waals surface area contributed by atoms with Crippen LogP contribution in [0.3, 0.4) is 0 Å². The summed E-state index contributed by atoms with van der Waals surface area (Å²) in [6, 6.07) is 30.0. The number of nitrogens with one attached hydrogen (secondary N) is 1. The van der Waals surface area contributed by atoms with E-state index in [9.17, 15) is 14.7 Å². The molecule has 0 saturated carbocycles. The van der Waals surface area contributed by atoms with Crippen molar-refractivity contribution in [2.45, 2.75) is 26.4 Å². The predicted octanol–water partition coefficient (Wildman–Crippen LogP) is 6.59. The van der Waals surface area contributed by atoms with Gasteiger partial charge in [-0.2, -0.15) is 0 Å². The molecule has 1 atom stereocenters. The van der Waals surface area contributed by atoms with Crippen LogP contribution in [0.1, 0.15) is 38.8 Å². The lowest BCUT2D eigenvalue weighted by molar-refractivity contribution is -0.121. The van der Waals surface area contributed by atoms with Gasteiger partial charge in [-0.05, 0) is 60.4 Å². The second kappa shape index (κ2) is 11.9. The van der Waals surface area contributed by atoms with E-state index in [4.69, 9.17) is 4.74 Å². The maximum Gasteiger partial charge on any atom is 0.273 e. The normalized spacial score (nSPS) is 11.6. The Kier molecular flexibility index (Phi) is 7.97. The number of rotatable bonds is 8. The first kappa shape index (κ1) is 27.4. The molecule has 2 amide bonds. The van der Waals surface area contributed by atoms with Gasteiger partial charge >= 0.3 is 0 Å². The summed E-state index contributed by atoms with van der Waals surface area (Å²) in [6.45, 7) is 3.99. The number of ether oxygens (including phenoxy) is 1. The maximum absolute atomic E-state index is 14.3. The van der Waals surface area contributed by atoms with E-state index < -0.39 is 17.9 Å². The largest absolute Gasteiger partial charge is 0.504 e. The Balaban J connectivity index is 1.65. The van der Waals surface area contributed by atoms with Gasteiger partial charge in [0.2, 0.25) is 0 Å². The van der Waals surface area contributed by atoms with Gasteiger partial charge in [0, 0.05) is 17.6 Å². The number of pyridine rings is 1. The number of benzene rings is 4. The van der Waals surface area contributed by atoms with Gasteiger partial charge < -0.3 is 20.1 Å². The van der Waals surface area contributed by atoms with Crippen LogP contribution in [0, 0.1) is 13.8 Å². The Morgan fingerprint density at radius 2 is 1.59 bits per heavy atom. The molecule has 0 radical (unpaired) electrons. The first-order valence-electron chi connectivity index (χ1n) is 13.3. The number of hydrogen-bond acceptors (Lipinski definition) is 5. The van der Waals surface area contributed by atoms with Crippen molar-refractivity contribution in [2.24, 2.45) is 0 Å². The van der Waals surface area contributed by atoms with Crippen LogP contribution in [-0.4, -0.2) is 33.9 Å². The van der Waals surface area contributed by atoms with Crippen LogP contribution in [0.25, 0.3) is 10.9 Å². The number of nitrogens with zero attached hydrogens (tertiary/aromatic N) is 2. The van der Waals surface area contributed by atoms with Crippen molar-refractivity contribution in [1.82, 2.24) is 9.88 Å². The Morgan fingerprint density at radius 1 is 0.878 bits per heavy atom. The van der Waals surface area contributed by atoms with E-state index in [1.165, 1.54) is 18.1 Å². The Hall–Kier alpha value is -5.17. The van der Waals surface area contributed by atoms with E-state index in [0.29, 0.717) is 16.8 Å². The third-order valence-electron chi connectivity index (χ3n) is 7.08. The number of fused-ring (bicyclic) bond motifs is 1. The van der Waals surface area contributed by atoms with Crippen LogP contribution in [0.15, 0.2) is 103 Å². The molecule has 2 N–H and O–H groups in total. The van der Waals surface area contributed by atoms with Crippen LogP contribution < -0.4 is 10.1 Å². The van der Waals surface area contributed by atoms with E-state index >= 15 is 0 Å². The highest BCUT2D eigenvalue weighted by Crippen LogP contribution is 2.34. The number of phenolic OH excluding ortho intramolecular Hbond substituents is 1. The number of aryl methyl sites for hydroxylation is 2. The SMILES string of the molecule is COc1cc(C(C(=O)Nc2c(C)cccc2C)N(Cc2ccccc2)C(=O)c2ccc3ccccc3n2)ccc1O. The minimum absolute atomic E-state index is 0.0673. The number of anilines is 1. The lowest BCUT2D eigenvalue weighted by atomic mass is 10.0. The number of carbonyl (C=O) groups is 2. The number of para-hydroxylation sites is 2. The lowest BCUT2D eigenvalue weighted by Crippen LogP contribution is -2.41. The molecule has 1 unspecified atom stereocenters. The Morgan fingerprint density at radius 3 is 2.32 bits per heavy atom. The fraction of sp³-hybridized carbons (Fsp3) is 0.147. The second-order valence-corrected chi connectivity index (χ2v) is 9.90. The molecule has 0 bridgehead atoms. The van der Waals surface area contributed by atoms with Crippen molar-refractivity contribution >= 4 is 28.4 Å². The van der Waals surface area contributed by atoms with Crippen molar-refractivity contribution < 1.29 is 19.4 Å². The van der Waals surface area contributed by atoms with Crippen molar-refractivity contribution in [3.05, 3.63) is 131 Å². The number of hydrogen-bond donors (Lipinski definition) is 2. The van der Waals surface area contributed by atoms with Gasteiger partial charge in [0.1, 0.15) is 11.7 Å². The molecule has 1 aromatic heterocycles. The first-order chi connectivity index (χ1) is 19.9. The molecule has 0 aliphatic heterocycles. The molecule has 7 nitrogen and oxygen atoms in total. The van der Waals surface area contributed by atoms with Gasteiger partial charge in [-0.3, -0.25) is 9.59 Å². The zero-order valence-corrected chi connectivity index (χ0v) is 23.2. The van der Waals surface area contributed by atoms with Gasteiger partial charge in [0.25, 0.3) is 11.8 Å². The molecule has 206 valence electrons. The van der Waals surface area contributed by atoms with Gasteiger partial charge in [0.15, 0.2) is 11.5 Å². The molecule has 41 heavy (non-hydrogen) atoms. The van der Waals surface area contributed by atoms with Crippen molar-refractivity contribution in [2.75, 3.05) is 12.4 Å².